The van der Waals surface area contributed by atoms with E-state index in [-0.39, 0.29) is 11.7 Å². The Balaban J connectivity index is 1.65. The number of piperazine rings is 1. The topological polar surface area (TPSA) is 61.6 Å². The van der Waals surface area contributed by atoms with Crippen LogP contribution in [0.25, 0.3) is 0 Å². The summed E-state index contributed by atoms with van der Waals surface area (Å²) in [7, 11) is 0. The minimum absolute atomic E-state index is 0.0791. The summed E-state index contributed by atoms with van der Waals surface area (Å²) in [5.41, 5.74) is 6.44. The molecule has 0 radical (unpaired) electrons. The van der Waals surface area contributed by atoms with Gasteiger partial charge >= 0.3 is 0 Å². The zero-order chi connectivity index (χ0) is 15.8. The Bertz CT molecular complexity index is 458. The smallest absolute Gasteiger partial charge is 0.220 e. The number of nitrogens with one attached hydrogen (secondary N) is 1. The van der Waals surface area contributed by atoms with Gasteiger partial charge in [0.1, 0.15) is 5.82 Å². The average molecular weight is 308 g/mol. The summed E-state index contributed by atoms with van der Waals surface area (Å²) in [6.07, 6.45) is 1.25. The van der Waals surface area contributed by atoms with Crippen LogP contribution in [-0.2, 0) is 4.79 Å². The van der Waals surface area contributed by atoms with Gasteiger partial charge in [0.2, 0.25) is 5.91 Å². The lowest BCUT2D eigenvalue weighted by Gasteiger charge is -2.36. The monoisotopic (exact) mass is 308 g/mol. The van der Waals surface area contributed by atoms with Crippen LogP contribution in [0.4, 0.5) is 10.1 Å². The third kappa shape index (κ3) is 5.27. The highest BCUT2D eigenvalue weighted by Gasteiger charge is 2.16. The van der Waals surface area contributed by atoms with E-state index >= 15 is 0 Å². The molecule has 0 bridgehead atoms. The number of amides is 1. The van der Waals surface area contributed by atoms with Crippen LogP contribution in [0.1, 0.15) is 12.8 Å². The van der Waals surface area contributed by atoms with Gasteiger partial charge in [-0.3, -0.25) is 9.69 Å². The number of rotatable bonds is 7. The van der Waals surface area contributed by atoms with Crippen LogP contribution in [0.3, 0.4) is 0 Å². The molecule has 1 saturated heterocycles. The molecule has 1 aromatic rings. The molecule has 1 aromatic carbocycles. The number of halogens is 1. The zero-order valence-electron chi connectivity index (χ0n) is 12.9. The Hall–Kier alpha value is -1.66. The van der Waals surface area contributed by atoms with Crippen LogP contribution < -0.4 is 16.0 Å². The molecule has 5 nitrogen and oxygen atoms in total. The predicted octanol–water partition coefficient (Wildman–Crippen LogP) is 0.803. The molecule has 1 amide bonds. The zero-order valence-corrected chi connectivity index (χ0v) is 12.9. The molecular formula is C16H25FN4O. The van der Waals surface area contributed by atoms with Crippen molar-refractivity contribution in [2.75, 3.05) is 50.7 Å². The maximum atomic E-state index is 12.9. The van der Waals surface area contributed by atoms with E-state index in [9.17, 15) is 9.18 Å². The molecule has 0 saturated carbocycles. The van der Waals surface area contributed by atoms with E-state index in [4.69, 9.17) is 5.73 Å². The second-order valence-electron chi connectivity index (χ2n) is 5.55. The third-order valence-corrected chi connectivity index (χ3v) is 3.92. The molecule has 0 aliphatic carbocycles. The van der Waals surface area contributed by atoms with E-state index in [1.165, 1.54) is 12.1 Å². The lowest BCUT2D eigenvalue weighted by molar-refractivity contribution is -0.121. The fourth-order valence-electron chi connectivity index (χ4n) is 2.59. The molecule has 0 atom stereocenters. The molecule has 0 unspecified atom stereocenters. The van der Waals surface area contributed by atoms with Crippen molar-refractivity contribution in [1.82, 2.24) is 10.2 Å². The average Bonchev–Trinajstić information content (AvgIpc) is 2.54. The highest BCUT2D eigenvalue weighted by Crippen LogP contribution is 2.16. The van der Waals surface area contributed by atoms with E-state index in [0.717, 1.165) is 44.8 Å². The Morgan fingerprint density at radius 3 is 2.50 bits per heavy atom. The molecule has 22 heavy (non-hydrogen) atoms. The van der Waals surface area contributed by atoms with Gasteiger partial charge in [0, 0.05) is 51.4 Å². The first-order valence-corrected chi connectivity index (χ1v) is 7.88. The van der Waals surface area contributed by atoms with Crippen LogP contribution in [0.15, 0.2) is 24.3 Å². The lowest BCUT2D eigenvalue weighted by Crippen LogP contribution is -2.48. The molecule has 1 aliphatic rings. The van der Waals surface area contributed by atoms with E-state index in [1.54, 1.807) is 0 Å². The molecule has 1 fully saturated rings. The first-order valence-electron chi connectivity index (χ1n) is 7.88. The highest BCUT2D eigenvalue weighted by atomic mass is 19.1. The Labute approximate surface area is 131 Å². The van der Waals surface area contributed by atoms with Gasteiger partial charge in [0.15, 0.2) is 0 Å². The standard InChI is InChI=1S/C16H25FN4O/c17-14-3-5-15(6-4-14)21-12-10-20(11-13-21)9-8-19-16(22)2-1-7-18/h3-6H,1-2,7-13,18H2,(H,19,22). The van der Waals surface area contributed by atoms with Crippen LogP contribution >= 0.6 is 0 Å². The SMILES string of the molecule is NCCCC(=O)NCCN1CCN(c2ccc(F)cc2)CC1. The fraction of sp³-hybridized carbons (Fsp3) is 0.562. The van der Waals surface area contributed by atoms with Gasteiger partial charge < -0.3 is 16.0 Å². The van der Waals surface area contributed by atoms with Crippen LogP contribution in [0, 0.1) is 5.82 Å². The quantitative estimate of drug-likeness (QED) is 0.782. The van der Waals surface area contributed by atoms with Gasteiger partial charge in [-0.25, -0.2) is 4.39 Å². The van der Waals surface area contributed by atoms with Gasteiger partial charge in [-0.2, -0.15) is 0 Å². The van der Waals surface area contributed by atoms with Crippen molar-refractivity contribution in [3.63, 3.8) is 0 Å². The molecule has 1 aliphatic heterocycles. The van der Waals surface area contributed by atoms with Gasteiger partial charge in [-0.05, 0) is 37.2 Å². The molecular weight excluding hydrogens is 283 g/mol. The predicted molar refractivity (Wildman–Crippen MR) is 86.4 cm³/mol. The fourth-order valence-corrected chi connectivity index (χ4v) is 2.59. The van der Waals surface area contributed by atoms with Crippen LogP contribution in [0.5, 0.6) is 0 Å². The van der Waals surface area contributed by atoms with Gasteiger partial charge in [0.05, 0.1) is 0 Å². The summed E-state index contributed by atoms with van der Waals surface area (Å²) >= 11 is 0. The van der Waals surface area contributed by atoms with Crippen molar-refractivity contribution in [3.8, 4) is 0 Å². The number of carbonyl (C=O) groups is 1. The van der Waals surface area contributed by atoms with Crippen molar-refractivity contribution in [2.45, 2.75) is 12.8 Å². The second kappa shape index (κ2) is 8.70. The molecule has 122 valence electrons. The maximum Gasteiger partial charge on any atom is 0.220 e. The van der Waals surface area contributed by atoms with E-state index < -0.39 is 0 Å². The lowest BCUT2D eigenvalue weighted by atomic mass is 10.2. The van der Waals surface area contributed by atoms with Crippen molar-refractivity contribution < 1.29 is 9.18 Å². The summed E-state index contributed by atoms with van der Waals surface area (Å²) in [5, 5.41) is 2.92. The molecule has 0 aromatic heterocycles. The molecule has 6 heteroatoms. The van der Waals surface area contributed by atoms with Crippen LogP contribution in [-0.4, -0.2) is 56.6 Å². The number of benzene rings is 1. The number of nitrogens with zero attached hydrogens (tertiary/aromatic N) is 2. The number of hydrogen-bond acceptors (Lipinski definition) is 4. The summed E-state index contributed by atoms with van der Waals surface area (Å²) in [6, 6.07) is 6.64. The molecule has 1 heterocycles. The van der Waals surface area contributed by atoms with Gasteiger partial charge in [-0.15, -0.1) is 0 Å². The number of anilines is 1. The molecule has 2 rings (SSSR count). The van der Waals surface area contributed by atoms with Crippen molar-refractivity contribution in [3.05, 3.63) is 30.1 Å². The number of hydrogen-bond donors (Lipinski definition) is 2. The first-order chi connectivity index (χ1) is 10.7. The summed E-state index contributed by atoms with van der Waals surface area (Å²) in [5.74, 6) is -0.122. The van der Waals surface area contributed by atoms with Crippen LogP contribution in [0.2, 0.25) is 0 Å². The van der Waals surface area contributed by atoms with Crippen molar-refractivity contribution >= 4 is 11.6 Å². The minimum Gasteiger partial charge on any atom is -0.369 e. The van der Waals surface area contributed by atoms with Crippen molar-refractivity contribution in [1.29, 1.82) is 0 Å². The summed E-state index contributed by atoms with van der Waals surface area (Å²) < 4.78 is 12.9. The van der Waals surface area contributed by atoms with E-state index in [0.29, 0.717) is 19.5 Å². The number of nitrogens with two attached hydrogens (primary N) is 1. The summed E-state index contributed by atoms with van der Waals surface area (Å²) in [6.45, 7) is 5.86. The largest absolute Gasteiger partial charge is 0.369 e. The Morgan fingerprint density at radius 2 is 1.86 bits per heavy atom. The minimum atomic E-state index is -0.201. The van der Waals surface area contributed by atoms with Crippen molar-refractivity contribution in [2.24, 2.45) is 5.73 Å². The molecule has 0 spiro atoms. The van der Waals surface area contributed by atoms with E-state index in [1.807, 2.05) is 12.1 Å². The second-order valence-corrected chi connectivity index (χ2v) is 5.55. The number of carbonyl (C=O) groups excluding carboxylic acids is 1. The van der Waals surface area contributed by atoms with E-state index in [2.05, 4.69) is 15.1 Å². The highest BCUT2D eigenvalue weighted by molar-refractivity contribution is 5.75. The Morgan fingerprint density at radius 1 is 1.18 bits per heavy atom. The van der Waals surface area contributed by atoms with Gasteiger partial charge in [-0.1, -0.05) is 0 Å². The van der Waals surface area contributed by atoms with Gasteiger partial charge in [0.25, 0.3) is 0 Å². The summed E-state index contributed by atoms with van der Waals surface area (Å²) in [4.78, 5) is 16.1. The molecule has 3 N–H and O–H groups in total. The third-order valence-electron chi connectivity index (χ3n) is 3.92. The first kappa shape index (κ1) is 16.7. The maximum absolute atomic E-state index is 12.9. The Kier molecular flexibility index (Phi) is 6.61. The normalized spacial score (nSPS) is 15.8.